The number of fused-ring (bicyclic) bond motifs is 1. The molecule has 2 rings (SSSR count). The molecule has 2 aliphatic rings. The van der Waals surface area contributed by atoms with Gasteiger partial charge in [0.15, 0.2) is 5.17 Å². The highest BCUT2D eigenvalue weighted by Crippen LogP contribution is 2.35. The Morgan fingerprint density at radius 3 is 2.82 bits per heavy atom. The van der Waals surface area contributed by atoms with Gasteiger partial charge in [0.2, 0.25) is 5.91 Å². The van der Waals surface area contributed by atoms with E-state index in [1.54, 1.807) is 0 Å². The molecule has 5 atom stereocenters. The normalized spacial score (nSPS) is 40.7. The summed E-state index contributed by atoms with van der Waals surface area (Å²) in [5.74, 6) is -0.261. The highest BCUT2D eigenvalue weighted by atomic mass is 32.2. The molecule has 0 aromatic carbocycles. The summed E-state index contributed by atoms with van der Waals surface area (Å²) in [5, 5.41) is 31.3. The summed E-state index contributed by atoms with van der Waals surface area (Å²) in [5.41, 5.74) is -0.493. The molecule has 8 heteroatoms. The Balaban J connectivity index is 2.09. The summed E-state index contributed by atoms with van der Waals surface area (Å²) in [7, 11) is 0. The van der Waals surface area contributed by atoms with Crippen molar-refractivity contribution < 1.29 is 24.9 Å². The molecule has 2 aliphatic heterocycles. The predicted molar refractivity (Wildman–Crippen MR) is 60.4 cm³/mol. The molecule has 1 amide bonds. The van der Waals surface area contributed by atoms with Gasteiger partial charge < -0.3 is 25.4 Å². The Kier molecular flexibility index (Phi) is 3.69. The number of aliphatic hydroxyl groups excluding tert-OH is 3. The average Bonchev–Trinajstić information content (AvgIpc) is 2.65. The minimum Gasteiger partial charge on any atom is -0.394 e. The van der Waals surface area contributed by atoms with Gasteiger partial charge in [-0.25, -0.2) is 0 Å². The number of nitrogens with zero attached hydrogens (tertiary/aromatic N) is 1. The number of amidine groups is 1. The molecule has 4 N–H and O–H groups in total. The Morgan fingerprint density at radius 1 is 1.53 bits per heavy atom. The van der Waals surface area contributed by atoms with Crippen LogP contribution in [0.5, 0.6) is 0 Å². The first-order valence-corrected chi connectivity index (χ1v) is 6.05. The van der Waals surface area contributed by atoms with E-state index in [0.29, 0.717) is 5.17 Å². The van der Waals surface area contributed by atoms with Gasteiger partial charge in [0.1, 0.15) is 29.8 Å². The summed E-state index contributed by atoms with van der Waals surface area (Å²) in [4.78, 5) is 15.0. The third-order valence-electron chi connectivity index (χ3n) is 2.63. The van der Waals surface area contributed by atoms with Crippen molar-refractivity contribution >= 4 is 22.8 Å². The maximum atomic E-state index is 10.9. The molecule has 7 nitrogen and oxygen atoms in total. The van der Waals surface area contributed by atoms with Gasteiger partial charge in [0.05, 0.1) is 6.61 Å². The third kappa shape index (κ3) is 2.45. The molecule has 17 heavy (non-hydrogen) atoms. The fourth-order valence-corrected chi connectivity index (χ4v) is 2.95. The van der Waals surface area contributed by atoms with Gasteiger partial charge in [-0.3, -0.25) is 9.79 Å². The van der Waals surface area contributed by atoms with Gasteiger partial charge in [0.25, 0.3) is 0 Å². The van der Waals surface area contributed by atoms with E-state index in [2.05, 4.69) is 10.3 Å². The van der Waals surface area contributed by atoms with Gasteiger partial charge in [-0.2, -0.15) is 0 Å². The lowest BCUT2D eigenvalue weighted by atomic mass is 9.99. The largest absolute Gasteiger partial charge is 0.394 e. The maximum Gasteiger partial charge on any atom is 0.222 e. The molecule has 0 spiro atoms. The molecule has 0 saturated carbocycles. The van der Waals surface area contributed by atoms with Crippen LogP contribution in [-0.4, -0.2) is 62.8 Å². The molecule has 2 heterocycles. The zero-order valence-corrected chi connectivity index (χ0v) is 9.92. The van der Waals surface area contributed by atoms with Crippen LogP contribution >= 0.6 is 11.8 Å². The van der Waals surface area contributed by atoms with Crippen LogP contribution in [0.4, 0.5) is 0 Å². The van der Waals surface area contributed by atoms with E-state index in [9.17, 15) is 15.0 Å². The molecule has 0 bridgehead atoms. The zero-order valence-electron chi connectivity index (χ0n) is 9.11. The van der Waals surface area contributed by atoms with Gasteiger partial charge in [-0.15, -0.1) is 0 Å². The number of hydrogen-bond donors (Lipinski definition) is 4. The van der Waals surface area contributed by atoms with Crippen LogP contribution in [0.25, 0.3) is 0 Å². The van der Waals surface area contributed by atoms with Gasteiger partial charge in [0, 0.05) is 6.92 Å². The van der Waals surface area contributed by atoms with Crippen molar-refractivity contribution in [2.75, 3.05) is 6.61 Å². The van der Waals surface area contributed by atoms with Crippen LogP contribution in [0.15, 0.2) is 4.99 Å². The second-order valence-corrected chi connectivity index (χ2v) is 5.02. The molecular formula is C9H14N2O5S. The second-order valence-electron chi connectivity index (χ2n) is 3.93. The van der Waals surface area contributed by atoms with Crippen molar-refractivity contribution in [1.82, 2.24) is 5.32 Å². The molecule has 1 fully saturated rings. The maximum absolute atomic E-state index is 10.9. The van der Waals surface area contributed by atoms with Crippen molar-refractivity contribution in [2.45, 2.75) is 36.7 Å². The fraction of sp³-hybridized carbons (Fsp3) is 0.778. The molecule has 0 aromatic heterocycles. The first kappa shape index (κ1) is 12.8. The van der Waals surface area contributed by atoms with Crippen LogP contribution in [0.2, 0.25) is 0 Å². The van der Waals surface area contributed by atoms with E-state index in [4.69, 9.17) is 9.84 Å². The number of carbonyl (C=O) groups is 1. The Bertz CT molecular complexity index is 350. The molecule has 0 radical (unpaired) electrons. The van der Waals surface area contributed by atoms with Crippen LogP contribution in [0.3, 0.4) is 0 Å². The number of nitrogens with one attached hydrogen (secondary N) is 1. The lowest BCUT2D eigenvalue weighted by Gasteiger charge is -2.37. The lowest BCUT2D eigenvalue weighted by molar-refractivity contribution is -0.164. The predicted octanol–water partition coefficient (Wildman–Crippen LogP) is -1.97. The summed E-state index contributed by atoms with van der Waals surface area (Å²) < 4.78 is 5.39. The number of ether oxygens (including phenoxy) is 1. The molecule has 5 unspecified atom stereocenters. The minimum atomic E-state index is -1.18. The monoisotopic (exact) mass is 262 g/mol. The molecule has 0 aliphatic carbocycles. The number of carbonyl (C=O) groups excluding carboxylic acids is 1. The van der Waals surface area contributed by atoms with Gasteiger partial charge in [-0.05, 0) is 0 Å². The van der Waals surface area contributed by atoms with Crippen LogP contribution in [-0.2, 0) is 9.53 Å². The van der Waals surface area contributed by atoms with Gasteiger partial charge in [-0.1, -0.05) is 11.8 Å². The molecule has 0 aromatic rings. The molecule has 96 valence electrons. The summed E-state index contributed by atoms with van der Waals surface area (Å²) in [6, 6.07) is -0.625. The standard InChI is InChI=1S/C9H14N2O5S/c1-3(13)10-9-11-5-7(15)6(14)4(2-12)16-8(5)17-9/h4-8,12,14-15H,2H2,1H3,(H,10,11,13). The summed E-state index contributed by atoms with van der Waals surface area (Å²) in [6.07, 6.45) is -3.11. The number of thioether (sulfide) groups is 1. The van der Waals surface area contributed by atoms with Crippen molar-refractivity contribution in [3.8, 4) is 0 Å². The first-order valence-electron chi connectivity index (χ1n) is 5.17. The highest BCUT2D eigenvalue weighted by molar-refractivity contribution is 8.14. The molecular weight excluding hydrogens is 248 g/mol. The van der Waals surface area contributed by atoms with E-state index in [0.717, 1.165) is 11.8 Å². The fourth-order valence-electron chi connectivity index (χ4n) is 1.79. The Labute approximate surface area is 102 Å². The number of aliphatic imine (C=N–C) groups is 1. The first-order chi connectivity index (χ1) is 8.02. The van der Waals surface area contributed by atoms with Crippen molar-refractivity contribution in [3.05, 3.63) is 0 Å². The SMILES string of the molecule is CC(=O)NC1=NC2C(OC(CO)C(O)C2O)S1. The van der Waals surface area contributed by atoms with E-state index in [1.807, 2.05) is 0 Å². The van der Waals surface area contributed by atoms with Gasteiger partial charge >= 0.3 is 0 Å². The Morgan fingerprint density at radius 2 is 2.24 bits per heavy atom. The molecule has 1 saturated heterocycles. The van der Waals surface area contributed by atoms with Crippen LogP contribution in [0.1, 0.15) is 6.92 Å². The van der Waals surface area contributed by atoms with Crippen molar-refractivity contribution in [1.29, 1.82) is 0 Å². The van der Waals surface area contributed by atoms with Crippen molar-refractivity contribution in [3.63, 3.8) is 0 Å². The Hall–Kier alpha value is -0.670. The number of amides is 1. The number of hydrogen-bond acceptors (Lipinski definition) is 7. The van der Waals surface area contributed by atoms with E-state index < -0.39 is 29.8 Å². The lowest BCUT2D eigenvalue weighted by Crippen LogP contribution is -2.55. The van der Waals surface area contributed by atoms with Crippen molar-refractivity contribution in [2.24, 2.45) is 4.99 Å². The number of aliphatic hydroxyl groups is 3. The average molecular weight is 262 g/mol. The van der Waals surface area contributed by atoms with E-state index in [-0.39, 0.29) is 12.5 Å². The van der Waals surface area contributed by atoms with Crippen LogP contribution in [0, 0.1) is 0 Å². The second kappa shape index (κ2) is 4.91. The summed E-state index contributed by atoms with van der Waals surface area (Å²) in [6.45, 7) is 0.977. The minimum absolute atomic E-state index is 0.261. The quantitative estimate of drug-likeness (QED) is 0.436. The van der Waals surface area contributed by atoms with E-state index >= 15 is 0 Å². The highest BCUT2D eigenvalue weighted by Gasteiger charge is 2.48. The smallest absolute Gasteiger partial charge is 0.222 e. The summed E-state index contributed by atoms with van der Waals surface area (Å²) >= 11 is 1.16. The third-order valence-corrected chi connectivity index (χ3v) is 3.68. The van der Waals surface area contributed by atoms with E-state index in [1.165, 1.54) is 6.92 Å². The number of rotatable bonds is 1. The van der Waals surface area contributed by atoms with Crippen LogP contribution < -0.4 is 5.32 Å². The zero-order chi connectivity index (χ0) is 12.6. The topological polar surface area (TPSA) is 111 Å².